The van der Waals surface area contributed by atoms with Gasteiger partial charge in [-0.3, -0.25) is 9.59 Å². The van der Waals surface area contributed by atoms with E-state index in [0.29, 0.717) is 6.54 Å². The van der Waals surface area contributed by atoms with E-state index in [1.165, 1.54) is 14.2 Å². The number of imidazole rings is 2. The van der Waals surface area contributed by atoms with Gasteiger partial charge >= 0.3 is 12.2 Å². The molecule has 7 rings (SSSR count). The highest BCUT2D eigenvalue weighted by Crippen LogP contribution is 2.40. The van der Waals surface area contributed by atoms with Crippen LogP contribution in [0.15, 0.2) is 72.9 Å². The molecule has 0 unspecified atom stereocenters. The van der Waals surface area contributed by atoms with E-state index in [-0.39, 0.29) is 47.7 Å². The average Bonchev–Trinajstić information content (AvgIpc) is 4.05. The van der Waals surface area contributed by atoms with Crippen molar-refractivity contribution >= 4 is 35.0 Å². The number of nitrogens with one attached hydrogen (secondary N) is 4. The van der Waals surface area contributed by atoms with Gasteiger partial charge < -0.3 is 39.9 Å². The number of rotatable bonds is 11. The van der Waals surface area contributed by atoms with Gasteiger partial charge in [-0.25, -0.2) is 19.6 Å². The summed E-state index contributed by atoms with van der Waals surface area (Å²) in [6.07, 6.45) is 4.04. The van der Waals surface area contributed by atoms with E-state index in [0.717, 1.165) is 81.9 Å². The number of hydrogen-bond acceptors (Lipinski definition) is 8. The van der Waals surface area contributed by atoms with Gasteiger partial charge in [0.1, 0.15) is 23.7 Å². The van der Waals surface area contributed by atoms with E-state index in [1.54, 1.807) is 0 Å². The van der Waals surface area contributed by atoms with Gasteiger partial charge in [-0.15, -0.1) is 0 Å². The Kier molecular flexibility index (Phi) is 12.8. The minimum Gasteiger partial charge on any atom is -0.453 e. The smallest absolute Gasteiger partial charge is 0.407 e. The Morgan fingerprint density at radius 2 is 1.26 bits per heavy atom. The fourth-order valence-electron chi connectivity index (χ4n) is 8.86. The number of piperidine rings is 1. The molecule has 2 saturated heterocycles. The molecule has 4 heterocycles. The predicted molar refractivity (Wildman–Crippen MR) is 234 cm³/mol. The Hall–Kier alpha value is -6.18. The van der Waals surface area contributed by atoms with Crippen LogP contribution in [0.25, 0.3) is 44.5 Å². The van der Waals surface area contributed by atoms with Crippen molar-refractivity contribution in [3.63, 3.8) is 0 Å². The van der Waals surface area contributed by atoms with Crippen LogP contribution in [0.1, 0.15) is 91.0 Å². The Morgan fingerprint density at radius 1 is 0.705 bits per heavy atom. The lowest BCUT2D eigenvalue weighted by atomic mass is 9.85. The third kappa shape index (κ3) is 8.99. The van der Waals surface area contributed by atoms with Crippen LogP contribution < -0.4 is 10.6 Å². The molecule has 2 aliphatic rings. The number of fused-ring (bicyclic) bond motifs is 1. The van der Waals surface area contributed by atoms with Crippen LogP contribution in [-0.4, -0.2) is 92.6 Å². The van der Waals surface area contributed by atoms with Crippen molar-refractivity contribution < 1.29 is 28.7 Å². The van der Waals surface area contributed by atoms with Crippen LogP contribution in [0.4, 0.5) is 9.59 Å². The molecule has 3 aromatic carbocycles. The number of aromatic nitrogens is 4. The number of aromatic amines is 2. The molecule has 61 heavy (non-hydrogen) atoms. The minimum atomic E-state index is -0.719. The quantitative estimate of drug-likeness (QED) is 0.103. The van der Waals surface area contributed by atoms with Gasteiger partial charge in [0, 0.05) is 12.6 Å². The van der Waals surface area contributed by atoms with Gasteiger partial charge in [-0.05, 0) is 90.3 Å². The number of nitrogens with zero attached hydrogens (tertiary/aromatic N) is 4. The first kappa shape index (κ1) is 42.9. The molecule has 0 bridgehead atoms. The van der Waals surface area contributed by atoms with E-state index in [1.807, 2.05) is 49.8 Å². The summed E-state index contributed by atoms with van der Waals surface area (Å²) in [5.41, 5.74) is 7.83. The zero-order valence-electron chi connectivity index (χ0n) is 36.3. The lowest BCUT2D eigenvalue weighted by molar-refractivity contribution is -0.143. The van der Waals surface area contributed by atoms with E-state index < -0.39 is 24.3 Å². The summed E-state index contributed by atoms with van der Waals surface area (Å²) < 4.78 is 9.61. The Labute approximate surface area is 357 Å². The first-order chi connectivity index (χ1) is 29.3. The summed E-state index contributed by atoms with van der Waals surface area (Å²) in [5.74, 6) is 1.12. The number of methoxy groups -OCH3 is 2. The maximum absolute atomic E-state index is 14.1. The van der Waals surface area contributed by atoms with E-state index in [2.05, 4.69) is 95.1 Å². The second-order valence-corrected chi connectivity index (χ2v) is 17.2. The predicted octanol–water partition coefficient (Wildman–Crippen LogP) is 8.40. The van der Waals surface area contributed by atoms with Crippen molar-refractivity contribution in [1.29, 1.82) is 0 Å². The first-order valence-corrected chi connectivity index (χ1v) is 21.3. The van der Waals surface area contributed by atoms with E-state index >= 15 is 0 Å². The molecule has 2 aromatic heterocycles. The van der Waals surface area contributed by atoms with Crippen molar-refractivity contribution in [3.8, 4) is 33.5 Å². The summed E-state index contributed by atoms with van der Waals surface area (Å²) in [6, 6.07) is 21.1. The summed E-state index contributed by atoms with van der Waals surface area (Å²) >= 11 is 0. The number of carbonyl (C=O) groups excluding carboxylic acids is 4. The molecular formula is C47H58N8O6. The molecule has 4 amide bonds. The third-order valence-electron chi connectivity index (χ3n) is 12.4. The molecule has 322 valence electrons. The maximum Gasteiger partial charge on any atom is 0.407 e. The van der Waals surface area contributed by atoms with Crippen LogP contribution in [0.5, 0.6) is 0 Å². The lowest BCUT2D eigenvalue weighted by Gasteiger charge is -2.45. The SMILES string of the molecule is COC(=O)N[C@H](C(=O)N1CCC[C@H]1c1nc2ccc(-c3ccc(-c4ccc(-c5cnc([C@@H]6[C@H](C)CC[C@H](C)N6C(=O)[C@@H](NC(=O)OC)C(C)C)[nH]5)cc4)cc3)cc2[nH]1)C(C)C. The number of alkyl carbamates (subject to hydrolysis) is 2. The monoisotopic (exact) mass is 830 g/mol. The largest absolute Gasteiger partial charge is 0.453 e. The zero-order chi connectivity index (χ0) is 43.5. The van der Waals surface area contributed by atoms with Crippen LogP contribution in [0, 0.1) is 17.8 Å². The number of benzene rings is 3. The van der Waals surface area contributed by atoms with Gasteiger partial charge in [-0.1, -0.05) is 89.2 Å². The second kappa shape index (κ2) is 18.2. The van der Waals surface area contributed by atoms with Crippen molar-refractivity contribution in [1.82, 2.24) is 40.4 Å². The van der Waals surface area contributed by atoms with Gasteiger partial charge in [0.05, 0.1) is 49.2 Å². The third-order valence-corrected chi connectivity index (χ3v) is 12.4. The van der Waals surface area contributed by atoms with Gasteiger partial charge in [0.25, 0.3) is 0 Å². The molecule has 6 atom stereocenters. The molecule has 2 aliphatic heterocycles. The molecular weight excluding hydrogens is 773 g/mol. The fourth-order valence-corrected chi connectivity index (χ4v) is 8.86. The normalized spacial score (nSPS) is 20.2. The Balaban J connectivity index is 1.04. The standard InChI is InChI=1S/C47H58N8O6/c1-26(2)39(52-46(58)60-7)44(56)54-23-9-10-38(54)42-49-35-22-21-34(24-36(35)50-42)32-15-13-30(14-16-32)31-17-19-33(20-18-31)37-25-48-43(51-37)41-28(5)11-12-29(6)55(41)45(57)40(27(3)4)53-47(59)61-8/h13-22,24-29,38-41H,9-12,23H2,1-8H3,(H,48,51)(H,49,50)(H,52,58)(H,53,59)/t28-,29+,38+,39+,40+,41+/m1/s1. The highest BCUT2D eigenvalue weighted by Gasteiger charge is 2.42. The van der Waals surface area contributed by atoms with Crippen LogP contribution in [0.3, 0.4) is 0 Å². The van der Waals surface area contributed by atoms with Crippen LogP contribution >= 0.6 is 0 Å². The Morgan fingerprint density at radius 3 is 1.85 bits per heavy atom. The summed E-state index contributed by atoms with van der Waals surface area (Å²) in [5, 5.41) is 5.46. The number of amides is 4. The fraction of sp³-hybridized carbons (Fsp3) is 0.447. The average molecular weight is 831 g/mol. The molecule has 2 fully saturated rings. The number of H-pyrrole nitrogens is 2. The molecule has 0 spiro atoms. The molecule has 4 N–H and O–H groups in total. The van der Waals surface area contributed by atoms with E-state index in [9.17, 15) is 19.2 Å². The minimum absolute atomic E-state index is 0.0238. The molecule has 0 aliphatic carbocycles. The highest BCUT2D eigenvalue weighted by molar-refractivity contribution is 5.88. The Bertz CT molecular complexity index is 2350. The van der Waals surface area contributed by atoms with Gasteiger partial charge in [0.2, 0.25) is 11.8 Å². The maximum atomic E-state index is 14.1. The van der Waals surface area contributed by atoms with E-state index in [4.69, 9.17) is 19.4 Å². The summed E-state index contributed by atoms with van der Waals surface area (Å²) in [6.45, 7) is 12.5. The molecule has 14 nitrogen and oxygen atoms in total. The topological polar surface area (TPSA) is 175 Å². The van der Waals surface area contributed by atoms with Crippen molar-refractivity contribution in [2.75, 3.05) is 20.8 Å². The molecule has 5 aromatic rings. The first-order valence-electron chi connectivity index (χ1n) is 21.3. The van der Waals surface area contributed by atoms with Gasteiger partial charge in [-0.2, -0.15) is 0 Å². The lowest BCUT2D eigenvalue weighted by Crippen LogP contribution is -2.56. The number of ether oxygens (including phenoxy) is 2. The van der Waals surface area contributed by atoms with Crippen molar-refractivity contribution in [3.05, 3.63) is 84.6 Å². The second-order valence-electron chi connectivity index (χ2n) is 17.2. The van der Waals surface area contributed by atoms with Crippen molar-refractivity contribution in [2.24, 2.45) is 17.8 Å². The van der Waals surface area contributed by atoms with Crippen LogP contribution in [0.2, 0.25) is 0 Å². The zero-order valence-corrected chi connectivity index (χ0v) is 36.3. The molecule has 0 radical (unpaired) electrons. The number of likely N-dealkylation sites (tertiary alicyclic amines) is 2. The molecule has 14 heteroatoms. The number of carbonyl (C=O) groups is 4. The summed E-state index contributed by atoms with van der Waals surface area (Å²) in [4.78, 5) is 72.3. The summed E-state index contributed by atoms with van der Waals surface area (Å²) in [7, 11) is 2.59. The highest BCUT2D eigenvalue weighted by atomic mass is 16.5. The number of hydrogen-bond donors (Lipinski definition) is 4. The van der Waals surface area contributed by atoms with Crippen molar-refractivity contribution in [2.45, 2.75) is 97.4 Å². The van der Waals surface area contributed by atoms with Crippen LogP contribution in [-0.2, 0) is 19.1 Å². The van der Waals surface area contributed by atoms with Gasteiger partial charge in [0.15, 0.2) is 0 Å². The molecule has 0 saturated carbocycles.